The van der Waals surface area contributed by atoms with Gasteiger partial charge in [-0.05, 0) is 41.5 Å². The van der Waals surface area contributed by atoms with Gasteiger partial charge in [-0.3, -0.25) is 14.6 Å². The van der Waals surface area contributed by atoms with E-state index in [2.05, 4.69) is 10.3 Å². The van der Waals surface area contributed by atoms with Gasteiger partial charge in [0.15, 0.2) is 0 Å². The molecule has 0 aliphatic carbocycles. The average molecular weight is 408 g/mol. The predicted octanol–water partition coefficient (Wildman–Crippen LogP) is 4.70. The first-order chi connectivity index (χ1) is 14.0. The minimum absolute atomic E-state index is 0.0532. The maximum Gasteiger partial charge on any atom is 0.251 e. The molecule has 0 aliphatic rings. The first kappa shape index (κ1) is 20.6. The van der Waals surface area contributed by atoms with Crippen molar-refractivity contribution in [2.75, 3.05) is 11.9 Å². The van der Waals surface area contributed by atoms with E-state index in [0.717, 1.165) is 22.4 Å². The fourth-order valence-electron chi connectivity index (χ4n) is 2.92. The van der Waals surface area contributed by atoms with E-state index in [0.29, 0.717) is 23.6 Å². The summed E-state index contributed by atoms with van der Waals surface area (Å²) in [6.45, 7) is 2.24. The molecule has 3 aromatic rings. The van der Waals surface area contributed by atoms with Crippen molar-refractivity contribution < 1.29 is 9.59 Å². The summed E-state index contributed by atoms with van der Waals surface area (Å²) in [4.78, 5) is 29.9. The molecule has 0 unspecified atom stereocenters. The Hall–Kier alpha value is -3.18. The van der Waals surface area contributed by atoms with Gasteiger partial charge in [0.05, 0.1) is 0 Å². The van der Waals surface area contributed by atoms with Crippen LogP contribution in [0.5, 0.6) is 0 Å². The van der Waals surface area contributed by atoms with E-state index in [-0.39, 0.29) is 11.8 Å². The third-order valence-electron chi connectivity index (χ3n) is 4.65. The van der Waals surface area contributed by atoms with E-state index in [4.69, 9.17) is 11.6 Å². The highest BCUT2D eigenvalue weighted by Crippen LogP contribution is 2.30. The van der Waals surface area contributed by atoms with Crippen LogP contribution in [-0.4, -0.2) is 23.8 Å². The van der Waals surface area contributed by atoms with Crippen molar-refractivity contribution in [2.24, 2.45) is 0 Å². The zero-order valence-electron chi connectivity index (χ0n) is 16.4. The predicted molar refractivity (Wildman–Crippen MR) is 116 cm³/mol. The quantitative estimate of drug-likeness (QED) is 0.643. The maximum atomic E-state index is 12.4. The topological polar surface area (TPSA) is 62.3 Å². The average Bonchev–Trinajstić information content (AvgIpc) is 2.77. The van der Waals surface area contributed by atoms with Gasteiger partial charge >= 0.3 is 0 Å². The maximum absolute atomic E-state index is 12.4. The number of anilines is 1. The molecule has 1 aromatic heterocycles. The highest BCUT2D eigenvalue weighted by molar-refractivity contribution is 6.33. The molecule has 0 spiro atoms. The van der Waals surface area contributed by atoms with Gasteiger partial charge in [-0.2, -0.15) is 0 Å². The number of hydrogen-bond acceptors (Lipinski definition) is 3. The van der Waals surface area contributed by atoms with Crippen molar-refractivity contribution >= 4 is 29.1 Å². The fourth-order valence-corrected chi connectivity index (χ4v) is 3.21. The lowest BCUT2D eigenvalue weighted by molar-refractivity contribution is -0.118. The molecule has 0 atom stereocenters. The Morgan fingerprint density at radius 1 is 1.10 bits per heavy atom. The highest BCUT2D eigenvalue weighted by atomic mass is 35.5. The lowest BCUT2D eigenvalue weighted by Crippen LogP contribution is -2.24. The van der Waals surface area contributed by atoms with Gasteiger partial charge in [0, 0.05) is 54.2 Å². The lowest BCUT2D eigenvalue weighted by atomic mass is 10.0. The van der Waals surface area contributed by atoms with E-state index in [9.17, 15) is 9.59 Å². The molecule has 3 rings (SSSR count). The molecule has 2 aromatic carbocycles. The lowest BCUT2D eigenvalue weighted by Gasteiger charge is -2.17. The van der Waals surface area contributed by atoms with Crippen LogP contribution in [0.3, 0.4) is 0 Å². The third-order valence-corrected chi connectivity index (χ3v) is 4.96. The zero-order chi connectivity index (χ0) is 20.8. The van der Waals surface area contributed by atoms with Crippen molar-refractivity contribution in [3.63, 3.8) is 0 Å². The Kier molecular flexibility index (Phi) is 6.62. The van der Waals surface area contributed by atoms with Gasteiger partial charge in [0.2, 0.25) is 5.91 Å². The van der Waals surface area contributed by atoms with Gasteiger partial charge in [0.25, 0.3) is 5.91 Å². The molecule has 29 heavy (non-hydrogen) atoms. The Morgan fingerprint density at radius 2 is 1.86 bits per heavy atom. The van der Waals surface area contributed by atoms with Crippen molar-refractivity contribution in [3.8, 4) is 11.1 Å². The monoisotopic (exact) mass is 407 g/mol. The van der Waals surface area contributed by atoms with Crippen LogP contribution < -0.4 is 10.2 Å². The van der Waals surface area contributed by atoms with Crippen LogP contribution in [0.2, 0.25) is 5.02 Å². The van der Waals surface area contributed by atoms with E-state index in [1.165, 1.54) is 0 Å². The van der Waals surface area contributed by atoms with Crippen molar-refractivity contribution in [2.45, 2.75) is 19.9 Å². The summed E-state index contributed by atoms with van der Waals surface area (Å²) in [5, 5.41) is 3.35. The minimum Gasteiger partial charge on any atom is -0.348 e. The summed E-state index contributed by atoms with van der Waals surface area (Å²) in [7, 11) is 1.76. The van der Waals surface area contributed by atoms with Gasteiger partial charge in [0.1, 0.15) is 0 Å². The van der Waals surface area contributed by atoms with Crippen LogP contribution >= 0.6 is 11.6 Å². The molecule has 0 radical (unpaired) electrons. The second-order valence-electron chi connectivity index (χ2n) is 6.59. The van der Waals surface area contributed by atoms with Crippen LogP contribution in [0.1, 0.15) is 29.3 Å². The first-order valence-corrected chi connectivity index (χ1v) is 9.71. The molecular weight excluding hydrogens is 386 g/mol. The standard InChI is InChI=1S/C23H22ClN3O2/c1-3-22(28)27(2)19-9-6-17(7-10-19)20-11-8-18(13-21(20)24)23(29)26-15-16-5-4-12-25-14-16/h4-14H,3,15H2,1-2H3,(H,26,29). The van der Waals surface area contributed by atoms with Crippen molar-refractivity contribution in [3.05, 3.63) is 83.1 Å². The summed E-state index contributed by atoms with van der Waals surface area (Å²) in [5.41, 5.74) is 3.98. The van der Waals surface area contributed by atoms with Crippen LogP contribution in [0, 0.1) is 0 Å². The third kappa shape index (κ3) is 5.00. The van der Waals surface area contributed by atoms with E-state index in [1.807, 2.05) is 49.4 Å². The summed E-state index contributed by atoms with van der Waals surface area (Å²) < 4.78 is 0. The number of benzene rings is 2. The fraction of sp³-hybridized carbons (Fsp3) is 0.174. The summed E-state index contributed by atoms with van der Waals surface area (Å²) in [5.74, 6) is -0.144. The number of hydrogen-bond donors (Lipinski definition) is 1. The number of rotatable bonds is 6. The summed E-state index contributed by atoms with van der Waals surface area (Å²) in [6, 6.07) is 16.6. The minimum atomic E-state index is -0.197. The van der Waals surface area contributed by atoms with Crippen LogP contribution in [0.4, 0.5) is 5.69 Å². The van der Waals surface area contributed by atoms with Gasteiger partial charge in [-0.15, -0.1) is 0 Å². The Bertz CT molecular complexity index is 1000. The molecule has 0 bridgehead atoms. The molecule has 0 saturated carbocycles. The molecule has 0 fully saturated rings. The molecule has 0 aliphatic heterocycles. The largest absolute Gasteiger partial charge is 0.348 e. The number of aromatic nitrogens is 1. The van der Waals surface area contributed by atoms with Gasteiger partial charge in [-0.1, -0.05) is 42.8 Å². The first-order valence-electron chi connectivity index (χ1n) is 9.33. The molecule has 148 valence electrons. The number of amides is 2. The van der Waals surface area contributed by atoms with E-state index in [1.54, 1.807) is 36.5 Å². The number of nitrogens with zero attached hydrogens (tertiary/aromatic N) is 2. The molecule has 6 heteroatoms. The number of carbonyl (C=O) groups is 2. The molecule has 1 N–H and O–H groups in total. The molecule has 5 nitrogen and oxygen atoms in total. The Morgan fingerprint density at radius 3 is 2.48 bits per heavy atom. The van der Waals surface area contributed by atoms with Crippen LogP contribution in [0.25, 0.3) is 11.1 Å². The second kappa shape index (κ2) is 9.34. The zero-order valence-corrected chi connectivity index (χ0v) is 17.1. The molecule has 2 amide bonds. The van der Waals surface area contributed by atoms with Crippen molar-refractivity contribution in [1.82, 2.24) is 10.3 Å². The number of pyridine rings is 1. The highest BCUT2D eigenvalue weighted by Gasteiger charge is 2.12. The number of halogens is 1. The molecule has 0 saturated heterocycles. The van der Waals surface area contributed by atoms with E-state index < -0.39 is 0 Å². The van der Waals surface area contributed by atoms with Crippen LogP contribution in [0.15, 0.2) is 67.0 Å². The van der Waals surface area contributed by atoms with Crippen LogP contribution in [-0.2, 0) is 11.3 Å². The Balaban J connectivity index is 1.72. The second-order valence-corrected chi connectivity index (χ2v) is 7.00. The van der Waals surface area contributed by atoms with Crippen molar-refractivity contribution in [1.29, 1.82) is 0 Å². The molecular formula is C23H22ClN3O2. The normalized spacial score (nSPS) is 10.4. The smallest absolute Gasteiger partial charge is 0.251 e. The molecule has 1 heterocycles. The van der Waals surface area contributed by atoms with Gasteiger partial charge < -0.3 is 10.2 Å². The number of nitrogens with one attached hydrogen (secondary N) is 1. The van der Waals surface area contributed by atoms with E-state index >= 15 is 0 Å². The summed E-state index contributed by atoms with van der Waals surface area (Å²) in [6.07, 6.45) is 3.86. The number of carbonyl (C=O) groups excluding carboxylic acids is 2. The SMILES string of the molecule is CCC(=O)N(C)c1ccc(-c2ccc(C(=O)NCc3cccnc3)cc2Cl)cc1. The Labute approximate surface area is 175 Å². The summed E-state index contributed by atoms with van der Waals surface area (Å²) >= 11 is 6.45. The van der Waals surface area contributed by atoms with Gasteiger partial charge in [-0.25, -0.2) is 0 Å².